The molecule has 114 valence electrons. The number of hydrogen-bond donors (Lipinski definition) is 1. The summed E-state index contributed by atoms with van der Waals surface area (Å²) < 4.78 is 9.12. The van der Waals surface area contributed by atoms with Crippen molar-refractivity contribution in [2.75, 3.05) is 13.2 Å². The van der Waals surface area contributed by atoms with Crippen LogP contribution in [-0.4, -0.2) is 22.9 Å². The lowest BCUT2D eigenvalue weighted by Crippen LogP contribution is -2.22. The highest BCUT2D eigenvalue weighted by molar-refractivity contribution is 9.10. The first-order valence-corrected chi connectivity index (χ1v) is 8.52. The zero-order valence-corrected chi connectivity index (χ0v) is 14.2. The highest BCUT2D eigenvalue weighted by Gasteiger charge is 2.26. The molecule has 1 aromatic rings. The molecule has 1 aromatic heterocycles. The Hall–Kier alpha value is -0.390. The highest BCUT2D eigenvalue weighted by Crippen LogP contribution is 2.31. The first kappa shape index (κ1) is 16.0. The number of rotatable bonds is 7. The summed E-state index contributed by atoms with van der Waals surface area (Å²) in [6.45, 7) is 7.38. The molecule has 4 nitrogen and oxygen atoms in total. The van der Waals surface area contributed by atoms with Gasteiger partial charge in [0.25, 0.3) is 0 Å². The van der Waals surface area contributed by atoms with Crippen molar-refractivity contribution in [1.82, 2.24) is 9.78 Å². The van der Waals surface area contributed by atoms with Crippen LogP contribution in [0.5, 0.6) is 0 Å². The van der Waals surface area contributed by atoms with Gasteiger partial charge < -0.3 is 10.5 Å². The zero-order chi connectivity index (χ0) is 14.5. The van der Waals surface area contributed by atoms with Crippen molar-refractivity contribution >= 4 is 15.9 Å². The largest absolute Gasteiger partial charge is 0.375 e. The van der Waals surface area contributed by atoms with Crippen molar-refractivity contribution in [2.45, 2.75) is 52.7 Å². The van der Waals surface area contributed by atoms with Crippen LogP contribution in [0.15, 0.2) is 4.47 Å². The molecule has 1 saturated carbocycles. The fourth-order valence-corrected chi connectivity index (χ4v) is 3.78. The topological polar surface area (TPSA) is 53.1 Å². The van der Waals surface area contributed by atoms with Gasteiger partial charge in [-0.3, -0.25) is 4.68 Å². The third-order valence-electron chi connectivity index (χ3n) is 4.38. The predicted molar refractivity (Wildman–Crippen MR) is 84.5 cm³/mol. The molecule has 1 aliphatic rings. The van der Waals surface area contributed by atoms with E-state index in [4.69, 9.17) is 10.5 Å². The second-order valence-electron chi connectivity index (χ2n) is 5.58. The average molecular weight is 344 g/mol. The molecule has 1 heterocycles. The smallest absolute Gasteiger partial charge is 0.0896 e. The summed E-state index contributed by atoms with van der Waals surface area (Å²) in [5.41, 5.74) is 8.10. The van der Waals surface area contributed by atoms with Gasteiger partial charge in [0.1, 0.15) is 0 Å². The van der Waals surface area contributed by atoms with Crippen LogP contribution in [0.25, 0.3) is 0 Å². The van der Waals surface area contributed by atoms with Crippen molar-refractivity contribution in [2.24, 2.45) is 17.6 Å². The Bertz CT molecular complexity index is 433. The molecule has 0 spiro atoms. The van der Waals surface area contributed by atoms with Gasteiger partial charge in [0.05, 0.1) is 29.1 Å². The SMILES string of the molecule is CCc1nn(CC)c(COCC2CCCC2CN)c1Br. The maximum absolute atomic E-state index is 5.97. The lowest BCUT2D eigenvalue weighted by Gasteiger charge is -2.18. The molecule has 0 saturated heterocycles. The maximum atomic E-state index is 5.97. The molecule has 1 aliphatic carbocycles. The molecular formula is C15H26BrN3O. The van der Waals surface area contributed by atoms with Gasteiger partial charge in [-0.05, 0) is 60.5 Å². The standard InChI is InChI=1S/C15H26BrN3O/c1-3-13-15(16)14(19(4-2)18-13)10-20-9-12-7-5-6-11(12)8-17/h11-12H,3-10,17H2,1-2H3. The van der Waals surface area contributed by atoms with Crippen LogP contribution in [-0.2, 0) is 24.3 Å². The minimum atomic E-state index is 0.634. The Morgan fingerprint density at radius 3 is 2.75 bits per heavy atom. The maximum Gasteiger partial charge on any atom is 0.0896 e. The second-order valence-corrected chi connectivity index (χ2v) is 6.37. The van der Waals surface area contributed by atoms with Crippen LogP contribution in [0.2, 0.25) is 0 Å². The lowest BCUT2D eigenvalue weighted by atomic mass is 9.97. The van der Waals surface area contributed by atoms with E-state index in [0.717, 1.165) is 42.0 Å². The van der Waals surface area contributed by atoms with E-state index < -0.39 is 0 Å². The Labute approximate surface area is 130 Å². The number of nitrogens with zero attached hydrogens (tertiary/aromatic N) is 2. The summed E-state index contributed by atoms with van der Waals surface area (Å²) in [4.78, 5) is 0. The first-order valence-electron chi connectivity index (χ1n) is 7.73. The highest BCUT2D eigenvalue weighted by atomic mass is 79.9. The molecule has 0 radical (unpaired) electrons. The number of halogens is 1. The molecule has 1 fully saturated rings. The van der Waals surface area contributed by atoms with Crippen molar-refractivity contribution in [3.63, 3.8) is 0 Å². The van der Waals surface area contributed by atoms with Gasteiger partial charge in [0.2, 0.25) is 0 Å². The van der Waals surface area contributed by atoms with Gasteiger partial charge in [-0.2, -0.15) is 5.10 Å². The van der Waals surface area contributed by atoms with Crippen molar-refractivity contribution < 1.29 is 4.74 Å². The first-order chi connectivity index (χ1) is 9.71. The van der Waals surface area contributed by atoms with Gasteiger partial charge in [-0.1, -0.05) is 13.3 Å². The summed E-state index contributed by atoms with van der Waals surface area (Å²) in [5.74, 6) is 1.29. The van der Waals surface area contributed by atoms with E-state index in [0.29, 0.717) is 18.4 Å². The third-order valence-corrected chi connectivity index (χ3v) is 5.30. The summed E-state index contributed by atoms with van der Waals surface area (Å²) in [6, 6.07) is 0. The van der Waals surface area contributed by atoms with Crippen molar-refractivity contribution in [1.29, 1.82) is 0 Å². The van der Waals surface area contributed by atoms with Gasteiger partial charge in [0, 0.05) is 6.54 Å². The van der Waals surface area contributed by atoms with Crippen molar-refractivity contribution in [3.05, 3.63) is 15.9 Å². The Morgan fingerprint density at radius 1 is 1.35 bits per heavy atom. The van der Waals surface area contributed by atoms with Gasteiger partial charge in [-0.15, -0.1) is 0 Å². The Balaban J connectivity index is 1.92. The van der Waals surface area contributed by atoms with E-state index in [9.17, 15) is 0 Å². The molecule has 2 atom stereocenters. The van der Waals surface area contributed by atoms with E-state index in [1.807, 2.05) is 4.68 Å². The summed E-state index contributed by atoms with van der Waals surface area (Å²) in [6.07, 6.45) is 4.77. The number of aromatic nitrogens is 2. The predicted octanol–water partition coefficient (Wildman–Crippen LogP) is 3.12. The molecule has 2 rings (SSSR count). The fraction of sp³-hybridized carbons (Fsp3) is 0.800. The second kappa shape index (κ2) is 7.57. The number of nitrogens with two attached hydrogens (primary N) is 1. The van der Waals surface area contributed by atoms with Gasteiger partial charge in [0.15, 0.2) is 0 Å². The lowest BCUT2D eigenvalue weighted by molar-refractivity contribution is 0.0708. The van der Waals surface area contributed by atoms with Crippen LogP contribution in [0.4, 0.5) is 0 Å². The van der Waals surface area contributed by atoms with E-state index in [1.54, 1.807) is 0 Å². The van der Waals surface area contributed by atoms with Crippen LogP contribution in [0.3, 0.4) is 0 Å². The Morgan fingerprint density at radius 2 is 2.10 bits per heavy atom. The number of ether oxygens (including phenoxy) is 1. The third kappa shape index (κ3) is 3.43. The van der Waals surface area contributed by atoms with Crippen LogP contribution in [0.1, 0.15) is 44.5 Å². The van der Waals surface area contributed by atoms with Crippen LogP contribution in [0, 0.1) is 11.8 Å². The number of hydrogen-bond acceptors (Lipinski definition) is 3. The average Bonchev–Trinajstić information content (AvgIpc) is 3.04. The molecule has 5 heteroatoms. The minimum Gasteiger partial charge on any atom is -0.375 e. The summed E-state index contributed by atoms with van der Waals surface area (Å²) in [7, 11) is 0. The molecule has 0 amide bonds. The molecule has 0 bridgehead atoms. The van der Waals surface area contributed by atoms with E-state index >= 15 is 0 Å². The van der Waals surface area contributed by atoms with Gasteiger partial charge >= 0.3 is 0 Å². The molecule has 20 heavy (non-hydrogen) atoms. The van der Waals surface area contributed by atoms with Crippen LogP contribution < -0.4 is 5.73 Å². The van der Waals surface area contributed by atoms with Crippen molar-refractivity contribution in [3.8, 4) is 0 Å². The minimum absolute atomic E-state index is 0.634. The molecule has 0 aromatic carbocycles. The van der Waals surface area contributed by atoms with Gasteiger partial charge in [-0.25, -0.2) is 0 Å². The normalized spacial score (nSPS) is 22.6. The summed E-state index contributed by atoms with van der Waals surface area (Å²) in [5, 5.41) is 4.60. The van der Waals surface area contributed by atoms with E-state index in [-0.39, 0.29) is 0 Å². The molecule has 0 aliphatic heterocycles. The Kier molecular flexibility index (Phi) is 6.05. The van der Waals surface area contributed by atoms with E-state index in [1.165, 1.54) is 19.3 Å². The monoisotopic (exact) mass is 343 g/mol. The van der Waals surface area contributed by atoms with E-state index in [2.05, 4.69) is 34.9 Å². The fourth-order valence-electron chi connectivity index (χ4n) is 3.11. The quantitative estimate of drug-likeness (QED) is 0.827. The zero-order valence-electron chi connectivity index (χ0n) is 12.6. The molecule has 2 N–H and O–H groups in total. The molecule has 2 unspecified atom stereocenters. The van der Waals surface area contributed by atoms with Crippen LogP contribution >= 0.6 is 15.9 Å². The number of aryl methyl sites for hydroxylation is 2. The molecular weight excluding hydrogens is 318 g/mol. The summed E-state index contributed by atoms with van der Waals surface area (Å²) >= 11 is 3.66.